The van der Waals surface area contributed by atoms with Crippen LogP contribution in [0, 0.1) is 12.8 Å². The van der Waals surface area contributed by atoms with Crippen molar-refractivity contribution >= 4 is 153 Å². The van der Waals surface area contributed by atoms with Crippen molar-refractivity contribution in [1.29, 1.82) is 0 Å². The lowest BCUT2D eigenvalue weighted by Gasteiger charge is -2.37. The normalized spacial score (nSPS) is 24.5. The highest BCUT2D eigenvalue weighted by atomic mass is 32.2. The smallest absolute Gasteiger partial charge is 0.280 e. The summed E-state index contributed by atoms with van der Waals surface area (Å²) in [6, 6.07) is 11.4. The standard InChI is InChI=1S/C58H81N9O26P4S3.C15H27N6O16P4/c1-37-15-19-44-42(33-37)57(2,3)47(65(44)26-11-31-99(79,80)81)21-16-38-13-10-14-39(17-22-48-58(4,5)43-34-41(87-89-90-98)18-20-45(43)66(48)27-12-32-100(82,83)84)51(38)64-28-23-40(24-29-64)53(69)60-25-8-6-7-9-30-85-94(71,72)91-96(75,76)93-97(77,78)92-95(73,74)88-55-46(68)35-49(86-55)67-36-61-50-52(67)62-56(59)63-54(50)70;16-5-3-1-2-4-6-32-38(24,25)35-40(28,29)37-41(30,31)36-39(26,27)34-14-9(22)7-10(33-14)21-8-18-11-12(21)19-15(17)20-13(11)23/h15-22,33-34,36,40,46,49,55,68H,6-14,23-32,35H2,1-5H3,(H10-,59,60,62,63,69,70,71,72,73,74,75,76,77,78,79,80,81,82,83,84,98);8-10,14H,1-7,16H2,(H,24,25)(H,26,27)(H,28,29)(H,30,31)(H3,17,19,20,23)/q;-1/p-8/t46?,49-,55-;9?,10-,14-/m11/s1. The van der Waals surface area contributed by atoms with Gasteiger partial charge in [-0.15, -0.1) is 4.33 Å². The predicted molar refractivity (Wildman–Crippen MR) is 477 cm³/mol. The van der Waals surface area contributed by atoms with E-state index < -0.39 is 180 Å². The molecule has 11 N–H and O–H groups in total. The van der Waals surface area contributed by atoms with E-state index in [0.29, 0.717) is 96.1 Å². The lowest BCUT2D eigenvalue weighted by Crippen LogP contribution is -2.40. The van der Waals surface area contributed by atoms with E-state index >= 15 is 0 Å². The molecule has 68 heteroatoms. The number of amides is 1. The lowest BCUT2D eigenvalue weighted by atomic mass is 9.81. The van der Waals surface area contributed by atoms with Crippen LogP contribution in [0.5, 0.6) is 5.75 Å². The molecule has 14 atom stereocenters. The van der Waals surface area contributed by atoms with E-state index in [-0.39, 0.29) is 84.8 Å². The van der Waals surface area contributed by atoms with E-state index in [1.807, 2.05) is 43.9 Å². The Hall–Kier alpha value is -6.75. The first-order valence-electron chi connectivity index (χ1n) is 43.0. The molecule has 0 bridgehead atoms. The molecule has 0 spiro atoms. The topological polar surface area (TPSA) is 858 Å². The fourth-order valence-corrected chi connectivity index (χ4v) is 27.0. The molecule has 12 rings (SSSR count). The third-order valence-corrected chi connectivity index (χ3v) is 35.6. The molecule has 9 heterocycles. The summed E-state index contributed by atoms with van der Waals surface area (Å²) < 4.78 is 225. The van der Waals surface area contributed by atoms with Crippen LogP contribution in [0.1, 0.15) is 166 Å². The lowest BCUT2D eigenvalue weighted by molar-refractivity contribution is -0.539. The monoisotopic (exact) mass is 2200 g/mol. The number of aryl methyl sites for hydroxylation is 1. The van der Waals surface area contributed by atoms with Crippen LogP contribution in [0.3, 0.4) is 0 Å². The number of unbranched alkanes of at least 4 members (excludes halogenated alkanes) is 6. The Bertz CT molecular complexity index is 6530. The Labute approximate surface area is 809 Å². The van der Waals surface area contributed by atoms with Crippen molar-refractivity contribution < 1.29 is 189 Å². The van der Waals surface area contributed by atoms with Crippen LogP contribution < -0.4 is 92.6 Å². The number of nitrogens with two attached hydrogens (primary N) is 3. The van der Waals surface area contributed by atoms with E-state index in [1.165, 1.54) is 0 Å². The maximum atomic E-state index is 13.8. The second-order valence-corrected chi connectivity index (χ2v) is 48.8. The number of fused-ring (bicyclic) bond motifs is 4. The second-order valence-electron chi connectivity index (χ2n) is 33.6. The molecule has 1 amide bonds. The maximum absolute atomic E-state index is 13.8. The summed E-state index contributed by atoms with van der Waals surface area (Å²) in [6.07, 6.45) is 4.89. The second kappa shape index (κ2) is 47.2. The fraction of sp³-hybridized carbons (Fsp3) is 0.562. The highest BCUT2D eigenvalue weighted by Crippen LogP contribution is 2.69. The molecule has 6 aliphatic rings. The molecule has 4 fully saturated rings. The summed E-state index contributed by atoms with van der Waals surface area (Å²) in [4.78, 5) is 164. The molecule has 5 aliphatic heterocycles. The molecule has 4 aromatic heterocycles. The van der Waals surface area contributed by atoms with Gasteiger partial charge >= 0.3 is 0 Å². The molecule has 57 nitrogen and oxygen atoms in total. The SMILES string of the molecule is Cc1ccc2c(c1)C(C)(C)/C(=C/C=C1\CCCC(=CC=C3N(CCCS(=O)(=O)[O-])c4ccc(OOOS)cc4C3(C)C)C1=[N+]1CCC(C(=O)NCCCCCCOP(=O)([O-])OP(=O)([O-])OP(=O)([O-])OP(=O)([O-])O[C@H]3O[C@@H](n4cnc5c(=O)[nH]c(N)nc54)CC3O)CC1)N2CCCS(=O)(=O)O.NCCCCCCOP(=O)([O-])OP(=O)([O-])OP(=O)([O-])OP(=O)([O-])O[C@H]1O[C@@H](n2cnc3c(=O)[nH]c(N)nc32)CC1[O-]. The molecule has 10 unspecified atom stereocenters. The third-order valence-electron chi connectivity index (χ3n) is 22.4. The summed E-state index contributed by atoms with van der Waals surface area (Å²) in [5, 5.41) is 30.4. The Morgan fingerprint density at radius 3 is 1.55 bits per heavy atom. The Balaban J connectivity index is 0.000000386. The number of rotatable bonds is 47. The zero-order chi connectivity index (χ0) is 104. The van der Waals surface area contributed by atoms with Crippen LogP contribution in [-0.2, 0) is 135 Å². The van der Waals surface area contributed by atoms with Gasteiger partial charge in [0.05, 0.1) is 41.7 Å². The summed E-state index contributed by atoms with van der Waals surface area (Å²) >= 11 is 3.58. The number of aromatic nitrogens is 8. The van der Waals surface area contributed by atoms with Gasteiger partial charge in [-0.1, -0.05) is 89.3 Å². The number of allylic oxidation sites excluding steroid dienone is 8. The van der Waals surface area contributed by atoms with E-state index in [1.54, 1.807) is 18.2 Å². The number of aliphatic hydroxyl groups is 1. The number of nitrogens with one attached hydrogen (secondary N) is 3. The van der Waals surface area contributed by atoms with Crippen molar-refractivity contribution in [2.45, 2.75) is 192 Å². The molecule has 6 aromatic rings. The minimum absolute atomic E-state index is 0.0000142. The number of imidazole rings is 2. The quantitative estimate of drug-likeness (QED) is 0.00385. The van der Waals surface area contributed by atoms with Gasteiger partial charge in [-0.25, -0.2) is 48.8 Å². The number of ether oxygens (including phenoxy) is 2. The van der Waals surface area contributed by atoms with Gasteiger partial charge in [-0.05, 0) is 130 Å². The number of phosphoric acid groups is 8. The number of aromatic amines is 2. The summed E-state index contributed by atoms with van der Waals surface area (Å²) in [7, 11) is -58.6. The van der Waals surface area contributed by atoms with Crippen LogP contribution in [0.25, 0.3) is 22.3 Å². The van der Waals surface area contributed by atoms with Gasteiger partial charge in [-0.2, -0.15) is 18.4 Å². The maximum Gasteiger partial charge on any atom is 0.280 e. The first kappa shape index (κ1) is 115. The van der Waals surface area contributed by atoms with E-state index in [9.17, 15) is 126 Å². The number of nitrogen functional groups attached to an aromatic ring is 2. The van der Waals surface area contributed by atoms with Gasteiger partial charge in [0.2, 0.25) is 23.5 Å². The first-order chi connectivity index (χ1) is 65.7. The predicted octanol–water partition coefficient (Wildman–Crippen LogP) is 1.96. The number of nitrogens with zero attached hydrogens (tertiary/aromatic N) is 9. The van der Waals surface area contributed by atoms with Crippen molar-refractivity contribution in [3.8, 4) is 5.75 Å². The molecular weight excluding hydrogens is 2100 g/mol. The average Bonchev–Trinajstić information content (AvgIpc) is 1.57. The highest BCUT2D eigenvalue weighted by Gasteiger charge is 2.46. The van der Waals surface area contributed by atoms with Gasteiger partial charge in [0.25, 0.3) is 83.8 Å². The number of hydrogen-bond donors (Lipinski definition) is 9. The van der Waals surface area contributed by atoms with Crippen LogP contribution in [0.15, 0.2) is 105 Å². The van der Waals surface area contributed by atoms with Gasteiger partial charge in [-0.3, -0.25) is 83.6 Å². The van der Waals surface area contributed by atoms with Crippen LogP contribution in [0.4, 0.5) is 23.3 Å². The number of carbonyl (C=O) groups is 1. The van der Waals surface area contributed by atoms with Crippen molar-refractivity contribution in [2.24, 2.45) is 11.7 Å². The van der Waals surface area contributed by atoms with Crippen LogP contribution >= 0.6 is 75.5 Å². The minimum atomic E-state index is -6.60. The zero-order valence-electron chi connectivity index (χ0n) is 75.4. The van der Waals surface area contributed by atoms with Gasteiger partial charge in [0.15, 0.2) is 40.7 Å². The molecule has 0 radical (unpaired) electrons. The van der Waals surface area contributed by atoms with Crippen molar-refractivity contribution in [1.82, 2.24) is 44.4 Å². The largest absolute Gasteiger partial charge is 0.848 e. The van der Waals surface area contributed by atoms with Gasteiger partial charge < -0.3 is 110 Å². The van der Waals surface area contributed by atoms with Gasteiger partial charge in [0, 0.05) is 108 Å². The number of aliphatic hydroxyl groups excluding tert-OH is 1. The number of hydrogen-bond acceptors (Lipinski definition) is 51. The molecule has 1 saturated carbocycles. The van der Waals surface area contributed by atoms with E-state index in [2.05, 4.69) is 149 Å². The number of piperidine rings is 1. The number of thiol groups is 1. The van der Waals surface area contributed by atoms with Crippen molar-refractivity contribution in [3.05, 3.63) is 133 Å². The number of anilines is 4. The average molecular weight is 2200 g/mol. The van der Waals surface area contributed by atoms with Crippen molar-refractivity contribution in [2.75, 3.05) is 85.3 Å². The molecule has 3 saturated heterocycles. The number of phosphoric ester groups is 4. The van der Waals surface area contributed by atoms with Crippen LogP contribution in [-0.4, -0.2) is 175 Å². The summed E-state index contributed by atoms with van der Waals surface area (Å²) in [5.41, 5.74) is 22.3. The zero-order valence-corrected chi connectivity index (χ0v) is 85.1. The fourth-order valence-electron chi connectivity index (χ4n) is 16.3. The number of benzene rings is 2. The Morgan fingerprint density at radius 1 is 0.617 bits per heavy atom. The van der Waals surface area contributed by atoms with E-state index in [0.717, 1.165) is 84.5 Å². The molecular formula is C73H100N15O42P8S3-9. The summed E-state index contributed by atoms with van der Waals surface area (Å²) in [5.74, 6) is -1.87. The Kier molecular flexibility index (Phi) is 38.3. The summed E-state index contributed by atoms with van der Waals surface area (Å²) in [6.45, 7) is 11.2. The Morgan fingerprint density at radius 2 is 1.06 bits per heavy atom. The third kappa shape index (κ3) is 31.9. The van der Waals surface area contributed by atoms with Gasteiger partial charge in [0.1, 0.15) is 31.6 Å². The molecule has 141 heavy (non-hydrogen) atoms. The highest BCUT2D eigenvalue weighted by molar-refractivity contribution is 7.86. The molecule has 786 valence electrons. The van der Waals surface area contributed by atoms with Crippen molar-refractivity contribution in [3.63, 3.8) is 0 Å². The number of H-pyrrole nitrogens is 2. The number of carbonyl (C=O) groups excluding carboxylic acids is 1. The first-order valence-corrected chi connectivity index (χ1v) is 58.2. The minimum Gasteiger partial charge on any atom is -0.848 e. The van der Waals surface area contributed by atoms with E-state index in [4.69, 9.17) is 31.6 Å². The molecule has 2 aromatic carbocycles. The molecule has 1 aliphatic carbocycles. The van der Waals surface area contributed by atoms with Crippen LogP contribution in [0.2, 0.25) is 0 Å².